The standard InChI is InChI=1S/C7H11NO2.ClH/c1-7(8)3-2-5(4-7)6(9)10;/h2-3,5H,4,8H2,1H3,(H,9,10);1H. The summed E-state index contributed by atoms with van der Waals surface area (Å²) in [5, 5.41) is 8.54. The summed E-state index contributed by atoms with van der Waals surface area (Å²) in [6.45, 7) is 1.83. The van der Waals surface area contributed by atoms with Gasteiger partial charge in [0.2, 0.25) is 0 Å². The second kappa shape index (κ2) is 3.24. The molecule has 2 unspecified atom stereocenters. The highest BCUT2D eigenvalue weighted by molar-refractivity contribution is 5.85. The minimum atomic E-state index is -0.787. The third-order valence-electron chi connectivity index (χ3n) is 1.69. The summed E-state index contributed by atoms with van der Waals surface area (Å²) in [4.78, 5) is 10.4. The van der Waals surface area contributed by atoms with Crippen molar-refractivity contribution in [3.05, 3.63) is 12.2 Å². The molecular weight excluding hydrogens is 166 g/mol. The largest absolute Gasteiger partial charge is 0.481 e. The lowest BCUT2D eigenvalue weighted by Gasteiger charge is -2.14. The fourth-order valence-corrected chi connectivity index (χ4v) is 1.12. The molecule has 1 aliphatic rings. The summed E-state index contributed by atoms with van der Waals surface area (Å²) in [6.07, 6.45) is 3.93. The van der Waals surface area contributed by atoms with Crippen molar-refractivity contribution in [2.45, 2.75) is 18.9 Å². The molecule has 1 rings (SSSR count). The fourth-order valence-electron chi connectivity index (χ4n) is 1.12. The number of halogens is 1. The molecule has 0 amide bonds. The quantitative estimate of drug-likeness (QED) is 0.582. The molecule has 0 saturated carbocycles. The molecule has 0 aromatic carbocycles. The Morgan fingerprint density at radius 1 is 1.82 bits per heavy atom. The Kier molecular flexibility index (Phi) is 3.08. The summed E-state index contributed by atoms with van der Waals surface area (Å²) in [5.74, 6) is -1.17. The zero-order chi connectivity index (χ0) is 7.78. The van der Waals surface area contributed by atoms with Crippen molar-refractivity contribution in [3.63, 3.8) is 0 Å². The van der Waals surface area contributed by atoms with Crippen LogP contribution in [0.1, 0.15) is 13.3 Å². The van der Waals surface area contributed by atoms with Crippen LogP contribution >= 0.6 is 12.4 Å². The number of nitrogens with two attached hydrogens (primary N) is 1. The van der Waals surface area contributed by atoms with Crippen molar-refractivity contribution in [2.24, 2.45) is 11.7 Å². The molecule has 64 valence electrons. The van der Waals surface area contributed by atoms with Gasteiger partial charge in [0.1, 0.15) is 0 Å². The smallest absolute Gasteiger partial charge is 0.310 e. The lowest BCUT2D eigenvalue weighted by molar-refractivity contribution is -0.140. The Labute approximate surface area is 71.7 Å². The van der Waals surface area contributed by atoms with E-state index in [1.54, 1.807) is 12.2 Å². The van der Waals surface area contributed by atoms with Crippen molar-refractivity contribution in [2.75, 3.05) is 0 Å². The predicted octanol–water partition coefficient (Wildman–Crippen LogP) is 0.786. The molecule has 0 spiro atoms. The molecule has 0 aromatic heterocycles. The maximum Gasteiger partial charge on any atom is 0.310 e. The molecule has 0 aromatic rings. The molecule has 3 N–H and O–H groups in total. The van der Waals surface area contributed by atoms with E-state index in [0.29, 0.717) is 6.42 Å². The van der Waals surface area contributed by atoms with Crippen LogP contribution in [0, 0.1) is 5.92 Å². The topological polar surface area (TPSA) is 63.3 Å². The van der Waals surface area contributed by atoms with Gasteiger partial charge in [0, 0.05) is 5.54 Å². The maximum atomic E-state index is 10.4. The van der Waals surface area contributed by atoms with Crippen LogP contribution in [0.3, 0.4) is 0 Å². The van der Waals surface area contributed by atoms with Crippen LogP contribution in [0.25, 0.3) is 0 Å². The van der Waals surface area contributed by atoms with Gasteiger partial charge in [-0.25, -0.2) is 0 Å². The van der Waals surface area contributed by atoms with E-state index >= 15 is 0 Å². The first-order chi connectivity index (χ1) is 4.51. The average molecular weight is 178 g/mol. The second-order valence-corrected chi connectivity index (χ2v) is 3.01. The number of carboxylic acid groups (broad SMARTS) is 1. The molecule has 4 heteroatoms. The van der Waals surface area contributed by atoms with Crippen molar-refractivity contribution in [1.82, 2.24) is 0 Å². The first-order valence-corrected chi connectivity index (χ1v) is 3.22. The van der Waals surface area contributed by atoms with E-state index < -0.39 is 11.5 Å². The van der Waals surface area contributed by atoms with Crippen LogP contribution in [0.15, 0.2) is 12.2 Å². The Morgan fingerprint density at radius 3 is 2.55 bits per heavy atom. The number of hydrogen-bond acceptors (Lipinski definition) is 2. The molecule has 0 heterocycles. The highest BCUT2D eigenvalue weighted by Gasteiger charge is 2.29. The van der Waals surface area contributed by atoms with Crippen LogP contribution < -0.4 is 5.73 Å². The van der Waals surface area contributed by atoms with Crippen LogP contribution in [-0.4, -0.2) is 16.6 Å². The van der Waals surface area contributed by atoms with Gasteiger partial charge < -0.3 is 10.8 Å². The summed E-state index contributed by atoms with van der Waals surface area (Å²) < 4.78 is 0. The molecule has 0 saturated heterocycles. The van der Waals surface area contributed by atoms with Gasteiger partial charge in [-0.1, -0.05) is 12.2 Å². The van der Waals surface area contributed by atoms with Gasteiger partial charge in [0.05, 0.1) is 5.92 Å². The number of carbonyl (C=O) groups is 1. The van der Waals surface area contributed by atoms with Crippen molar-refractivity contribution in [1.29, 1.82) is 0 Å². The van der Waals surface area contributed by atoms with Crippen LogP contribution in [0.2, 0.25) is 0 Å². The molecule has 3 nitrogen and oxygen atoms in total. The Bertz CT molecular complexity index is 189. The monoisotopic (exact) mass is 177 g/mol. The highest BCUT2D eigenvalue weighted by atomic mass is 35.5. The fraction of sp³-hybridized carbons (Fsp3) is 0.571. The third-order valence-corrected chi connectivity index (χ3v) is 1.69. The first kappa shape index (κ1) is 10.5. The third kappa shape index (κ3) is 2.52. The lowest BCUT2D eigenvalue weighted by Crippen LogP contribution is -2.32. The molecular formula is C7H12ClNO2. The summed E-state index contributed by atoms with van der Waals surface area (Å²) in [6, 6.07) is 0. The van der Waals surface area contributed by atoms with Gasteiger partial charge in [-0.3, -0.25) is 4.79 Å². The Hall–Kier alpha value is -0.540. The summed E-state index contributed by atoms with van der Waals surface area (Å²) >= 11 is 0. The first-order valence-electron chi connectivity index (χ1n) is 3.22. The van der Waals surface area contributed by atoms with Gasteiger partial charge in [0.25, 0.3) is 0 Å². The highest BCUT2D eigenvalue weighted by Crippen LogP contribution is 2.24. The molecule has 2 atom stereocenters. The molecule has 0 aliphatic heterocycles. The Morgan fingerprint density at radius 2 is 2.36 bits per heavy atom. The zero-order valence-electron chi connectivity index (χ0n) is 6.28. The number of carboxylic acids is 1. The molecule has 1 aliphatic carbocycles. The van der Waals surface area contributed by atoms with Gasteiger partial charge in [-0.05, 0) is 13.3 Å². The van der Waals surface area contributed by atoms with Crippen LogP contribution in [0.4, 0.5) is 0 Å². The second-order valence-electron chi connectivity index (χ2n) is 3.01. The molecule has 11 heavy (non-hydrogen) atoms. The van der Waals surface area contributed by atoms with Crippen molar-refractivity contribution >= 4 is 18.4 Å². The predicted molar refractivity (Wildman–Crippen MR) is 44.7 cm³/mol. The molecule has 0 radical (unpaired) electrons. The molecule has 0 fully saturated rings. The van der Waals surface area contributed by atoms with Crippen molar-refractivity contribution < 1.29 is 9.90 Å². The van der Waals surface area contributed by atoms with Gasteiger partial charge in [-0.2, -0.15) is 0 Å². The van der Waals surface area contributed by atoms with Gasteiger partial charge in [0.15, 0.2) is 0 Å². The normalized spacial score (nSPS) is 34.9. The van der Waals surface area contributed by atoms with E-state index in [-0.39, 0.29) is 18.3 Å². The number of rotatable bonds is 1. The van der Waals surface area contributed by atoms with E-state index in [4.69, 9.17) is 10.8 Å². The van der Waals surface area contributed by atoms with E-state index in [1.165, 1.54) is 0 Å². The van der Waals surface area contributed by atoms with Gasteiger partial charge in [-0.15, -0.1) is 12.4 Å². The van der Waals surface area contributed by atoms with E-state index in [9.17, 15) is 4.79 Å². The Balaban J connectivity index is 0.000001000. The lowest BCUT2D eigenvalue weighted by atomic mass is 9.99. The SMILES string of the molecule is CC1(N)C=CC(C(=O)O)C1.Cl. The average Bonchev–Trinajstić information content (AvgIpc) is 2.10. The van der Waals surface area contributed by atoms with E-state index in [0.717, 1.165) is 0 Å². The minimum absolute atomic E-state index is 0. The molecule has 0 bridgehead atoms. The van der Waals surface area contributed by atoms with Crippen LogP contribution in [0.5, 0.6) is 0 Å². The number of aliphatic carboxylic acids is 1. The minimum Gasteiger partial charge on any atom is -0.481 e. The number of hydrogen-bond donors (Lipinski definition) is 2. The van der Waals surface area contributed by atoms with E-state index in [1.807, 2.05) is 6.92 Å². The maximum absolute atomic E-state index is 10.4. The van der Waals surface area contributed by atoms with Crippen LogP contribution in [-0.2, 0) is 4.79 Å². The summed E-state index contributed by atoms with van der Waals surface area (Å²) in [5.41, 5.74) is 5.24. The van der Waals surface area contributed by atoms with Gasteiger partial charge >= 0.3 is 5.97 Å². The summed E-state index contributed by atoms with van der Waals surface area (Å²) in [7, 11) is 0. The van der Waals surface area contributed by atoms with E-state index in [2.05, 4.69) is 0 Å². The van der Waals surface area contributed by atoms with Crippen molar-refractivity contribution in [3.8, 4) is 0 Å². The zero-order valence-corrected chi connectivity index (χ0v) is 7.10.